The molecule has 0 N–H and O–H groups in total. The molecule has 2 aromatic carbocycles. The molecular formula is C19H17N3O3S. The second-order valence-corrected chi connectivity index (χ2v) is 6.94. The van der Waals surface area contributed by atoms with Gasteiger partial charge in [0.25, 0.3) is 11.6 Å². The molecule has 0 aliphatic rings. The first-order valence-electron chi connectivity index (χ1n) is 7.94. The van der Waals surface area contributed by atoms with Crippen molar-refractivity contribution < 1.29 is 9.72 Å². The standard InChI is InChI=1S/C19H17N3O3S/c1-12-7-9-16-18(13(12)2)21(3)19(26-16)20-17(23)10-8-14-5-4-6-15(11-14)22(24)25/h4-11H,1-3H3. The van der Waals surface area contributed by atoms with Crippen molar-refractivity contribution in [3.8, 4) is 0 Å². The number of fused-ring (bicyclic) bond motifs is 1. The van der Waals surface area contributed by atoms with E-state index in [1.807, 2.05) is 17.7 Å². The van der Waals surface area contributed by atoms with Gasteiger partial charge in [0.05, 0.1) is 15.1 Å². The predicted octanol–water partition coefficient (Wildman–Crippen LogP) is 3.91. The van der Waals surface area contributed by atoms with E-state index in [9.17, 15) is 14.9 Å². The highest BCUT2D eigenvalue weighted by Gasteiger charge is 2.08. The van der Waals surface area contributed by atoms with E-state index in [2.05, 4.69) is 24.9 Å². The number of carbonyl (C=O) groups excluding carboxylic acids is 1. The Labute approximate surface area is 153 Å². The summed E-state index contributed by atoms with van der Waals surface area (Å²) in [7, 11) is 1.89. The number of rotatable bonds is 3. The van der Waals surface area contributed by atoms with E-state index in [0.717, 1.165) is 10.2 Å². The molecular weight excluding hydrogens is 350 g/mol. The first kappa shape index (κ1) is 17.8. The molecule has 0 radical (unpaired) electrons. The Kier molecular flexibility index (Phi) is 4.81. The van der Waals surface area contributed by atoms with Crippen LogP contribution in [-0.4, -0.2) is 15.4 Å². The third kappa shape index (κ3) is 3.48. The van der Waals surface area contributed by atoms with Gasteiger partial charge in [0.1, 0.15) is 0 Å². The first-order chi connectivity index (χ1) is 12.4. The van der Waals surface area contributed by atoms with Gasteiger partial charge in [-0.25, -0.2) is 0 Å². The molecule has 0 bridgehead atoms. The Morgan fingerprint density at radius 3 is 2.77 bits per heavy atom. The van der Waals surface area contributed by atoms with Crippen molar-refractivity contribution in [3.63, 3.8) is 0 Å². The van der Waals surface area contributed by atoms with Crippen molar-refractivity contribution in [3.05, 3.63) is 74.1 Å². The third-order valence-electron chi connectivity index (χ3n) is 4.19. The van der Waals surface area contributed by atoms with E-state index in [1.54, 1.807) is 12.1 Å². The molecule has 1 heterocycles. The summed E-state index contributed by atoms with van der Waals surface area (Å²) in [6, 6.07) is 10.2. The number of nitrogens with zero attached hydrogens (tertiary/aromatic N) is 3. The van der Waals surface area contributed by atoms with Gasteiger partial charge in [0.2, 0.25) is 0 Å². The van der Waals surface area contributed by atoms with Crippen LogP contribution in [0.1, 0.15) is 16.7 Å². The number of aromatic nitrogens is 1. The van der Waals surface area contributed by atoms with Crippen molar-refractivity contribution in [1.82, 2.24) is 4.57 Å². The van der Waals surface area contributed by atoms with E-state index in [-0.39, 0.29) is 5.69 Å². The van der Waals surface area contributed by atoms with Crippen LogP contribution >= 0.6 is 11.3 Å². The molecule has 132 valence electrons. The number of hydrogen-bond donors (Lipinski definition) is 0. The predicted molar refractivity (Wildman–Crippen MR) is 103 cm³/mol. The lowest BCUT2D eigenvalue weighted by atomic mass is 10.1. The topological polar surface area (TPSA) is 77.5 Å². The summed E-state index contributed by atoms with van der Waals surface area (Å²) < 4.78 is 2.99. The van der Waals surface area contributed by atoms with Gasteiger partial charge < -0.3 is 4.57 Å². The normalized spacial score (nSPS) is 12.2. The van der Waals surface area contributed by atoms with E-state index < -0.39 is 10.8 Å². The zero-order chi connectivity index (χ0) is 18.8. The molecule has 3 aromatic rings. The molecule has 0 aliphatic heterocycles. The number of amides is 1. The van der Waals surface area contributed by atoms with E-state index in [4.69, 9.17) is 0 Å². The molecule has 0 fully saturated rings. The zero-order valence-corrected chi connectivity index (χ0v) is 15.4. The van der Waals surface area contributed by atoms with Crippen LogP contribution in [0.15, 0.2) is 47.5 Å². The van der Waals surface area contributed by atoms with Crippen LogP contribution in [0, 0.1) is 24.0 Å². The zero-order valence-electron chi connectivity index (χ0n) is 14.6. The Morgan fingerprint density at radius 1 is 1.27 bits per heavy atom. The van der Waals surface area contributed by atoms with Crippen LogP contribution in [0.2, 0.25) is 0 Å². The lowest BCUT2D eigenvalue weighted by molar-refractivity contribution is -0.384. The third-order valence-corrected chi connectivity index (χ3v) is 5.29. The molecule has 0 saturated heterocycles. The number of benzene rings is 2. The van der Waals surface area contributed by atoms with Crippen LogP contribution in [0.4, 0.5) is 5.69 Å². The summed E-state index contributed by atoms with van der Waals surface area (Å²) in [6.07, 6.45) is 2.85. The van der Waals surface area contributed by atoms with E-state index in [1.165, 1.54) is 46.7 Å². The fourth-order valence-corrected chi connectivity index (χ4v) is 3.76. The van der Waals surface area contributed by atoms with Crippen molar-refractivity contribution in [2.24, 2.45) is 12.0 Å². The highest BCUT2D eigenvalue weighted by Crippen LogP contribution is 2.23. The minimum Gasteiger partial charge on any atom is -0.319 e. The van der Waals surface area contributed by atoms with E-state index in [0.29, 0.717) is 10.4 Å². The smallest absolute Gasteiger partial charge is 0.272 e. The van der Waals surface area contributed by atoms with Gasteiger partial charge in [-0.2, -0.15) is 4.99 Å². The van der Waals surface area contributed by atoms with Crippen molar-refractivity contribution in [2.75, 3.05) is 0 Å². The summed E-state index contributed by atoms with van der Waals surface area (Å²) in [5, 5.41) is 10.8. The number of nitro benzene ring substituents is 1. The van der Waals surface area contributed by atoms with Gasteiger partial charge in [-0.1, -0.05) is 29.5 Å². The first-order valence-corrected chi connectivity index (χ1v) is 8.75. The fourth-order valence-electron chi connectivity index (χ4n) is 2.68. The number of nitro groups is 1. The molecule has 7 heteroatoms. The van der Waals surface area contributed by atoms with Crippen LogP contribution in [-0.2, 0) is 11.8 Å². The van der Waals surface area contributed by atoms with Crippen molar-refractivity contribution in [1.29, 1.82) is 0 Å². The lowest BCUT2D eigenvalue weighted by Crippen LogP contribution is -2.12. The summed E-state index contributed by atoms with van der Waals surface area (Å²) in [4.78, 5) is 27.3. The molecule has 0 aliphatic carbocycles. The minimum atomic E-state index is -0.467. The number of aryl methyl sites for hydroxylation is 3. The average molecular weight is 367 g/mol. The number of thiazole rings is 1. The fraction of sp³-hybridized carbons (Fsp3) is 0.158. The van der Waals surface area contributed by atoms with Crippen LogP contribution < -0.4 is 4.80 Å². The Bertz CT molecular complexity index is 1120. The number of hydrogen-bond acceptors (Lipinski definition) is 4. The Morgan fingerprint density at radius 2 is 2.04 bits per heavy atom. The Balaban J connectivity index is 1.93. The number of carbonyl (C=O) groups is 1. The maximum absolute atomic E-state index is 12.2. The molecule has 26 heavy (non-hydrogen) atoms. The van der Waals surface area contributed by atoms with Crippen LogP contribution in [0.25, 0.3) is 16.3 Å². The van der Waals surface area contributed by atoms with Gasteiger partial charge >= 0.3 is 0 Å². The number of non-ortho nitro benzene ring substituents is 1. The molecule has 6 nitrogen and oxygen atoms in total. The monoisotopic (exact) mass is 367 g/mol. The minimum absolute atomic E-state index is 0.0155. The highest BCUT2D eigenvalue weighted by molar-refractivity contribution is 7.16. The van der Waals surface area contributed by atoms with Gasteiger partial charge in [-0.05, 0) is 42.7 Å². The molecule has 3 rings (SSSR count). The molecule has 1 aromatic heterocycles. The summed E-state index contributed by atoms with van der Waals surface area (Å²) in [5.74, 6) is -0.409. The second-order valence-electron chi connectivity index (χ2n) is 5.93. The quantitative estimate of drug-likeness (QED) is 0.400. The van der Waals surface area contributed by atoms with Gasteiger partial charge in [0, 0.05) is 25.3 Å². The molecule has 0 saturated carbocycles. The van der Waals surface area contributed by atoms with E-state index >= 15 is 0 Å². The molecule has 0 unspecified atom stereocenters. The Hall–Kier alpha value is -3.06. The average Bonchev–Trinajstić information content (AvgIpc) is 2.93. The maximum atomic E-state index is 12.2. The van der Waals surface area contributed by atoms with Crippen LogP contribution in [0.3, 0.4) is 0 Å². The summed E-state index contributed by atoms with van der Waals surface area (Å²) in [5.41, 5.74) is 3.99. The molecule has 1 amide bonds. The molecule has 0 atom stereocenters. The highest BCUT2D eigenvalue weighted by atomic mass is 32.1. The van der Waals surface area contributed by atoms with Crippen molar-refractivity contribution in [2.45, 2.75) is 13.8 Å². The summed E-state index contributed by atoms with van der Waals surface area (Å²) in [6.45, 7) is 4.11. The summed E-state index contributed by atoms with van der Waals surface area (Å²) >= 11 is 1.46. The van der Waals surface area contributed by atoms with Gasteiger partial charge in [0.15, 0.2) is 4.80 Å². The SMILES string of the molecule is Cc1ccc2sc(=NC(=O)C=Cc3cccc([N+](=O)[O-])c3)n(C)c2c1C. The van der Waals surface area contributed by atoms with Crippen molar-refractivity contribution >= 4 is 39.2 Å². The lowest BCUT2D eigenvalue weighted by Gasteiger charge is -2.03. The van der Waals surface area contributed by atoms with Crippen LogP contribution in [0.5, 0.6) is 0 Å². The maximum Gasteiger partial charge on any atom is 0.272 e. The largest absolute Gasteiger partial charge is 0.319 e. The van der Waals surface area contributed by atoms with Gasteiger partial charge in [-0.15, -0.1) is 0 Å². The molecule has 0 spiro atoms. The van der Waals surface area contributed by atoms with Gasteiger partial charge in [-0.3, -0.25) is 14.9 Å². The second kappa shape index (κ2) is 7.05.